The summed E-state index contributed by atoms with van der Waals surface area (Å²) < 4.78 is 4.88. The number of nitriles is 1. The van der Waals surface area contributed by atoms with Crippen LogP contribution in [0, 0.1) is 11.3 Å². The van der Waals surface area contributed by atoms with Crippen LogP contribution in [0.15, 0.2) is 12.1 Å². The molecule has 1 rings (SSSR count). The van der Waals surface area contributed by atoms with Crippen molar-refractivity contribution < 1.29 is 14.8 Å². The minimum Gasteiger partial charge on any atom is -0.495 e. The Morgan fingerprint density at radius 3 is 2.57 bits per heavy atom. The molecule has 0 aliphatic carbocycles. The summed E-state index contributed by atoms with van der Waals surface area (Å²) in [5.41, 5.74) is 0.184. The van der Waals surface area contributed by atoms with Crippen molar-refractivity contribution in [2.45, 2.75) is 0 Å². The highest BCUT2D eigenvalue weighted by atomic mass is 35.5. The molecule has 0 saturated heterocycles. The van der Waals surface area contributed by atoms with Crippen LogP contribution in [0.5, 0.6) is 5.75 Å². The topological polar surface area (TPSA) is 73.5 Å². The van der Waals surface area contributed by atoms with Gasteiger partial charge < -0.3 is 14.8 Å². The van der Waals surface area contributed by atoms with Crippen molar-refractivity contribution in [3.8, 4) is 11.8 Å². The smallest absolute Gasteiger partial charge is 0.490 e. The molecule has 14 heavy (non-hydrogen) atoms. The third-order valence-corrected chi connectivity index (χ3v) is 2.15. The maximum Gasteiger partial charge on any atom is 0.490 e. The Hall–Kier alpha value is -1.22. The number of methoxy groups -OCH3 is 1. The van der Waals surface area contributed by atoms with E-state index in [1.807, 2.05) is 6.07 Å². The average molecular weight is 211 g/mol. The zero-order valence-electron chi connectivity index (χ0n) is 7.36. The summed E-state index contributed by atoms with van der Waals surface area (Å²) in [7, 11) is -0.290. The highest BCUT2D eigenvalue weighted by Gasteiger charge is 2.20. The van der Waals surface area contributed by atoms with E-state index in [2.05, 4.69) is 0 Å². The summed E-state index contributed by atoms with van der Waals surface area (Å²) in [5.74, 6) is 0.307. The second kappa shape index (κ2) is 4.33. The van der Waals surface area contributed by atoms with Gasteiger partial charge >= 0.3 is 7.12 Å². The second-order valence-corrected chi connectivity index (χ2v) is 2.91. The second-order valence-electron chi connectivity index (χ2n) is 2.53. The number of hydrogen-bond acceptors (Lipinski definition) is 4. The molecular weight excluding hydrogens is 204 g/mol. The number of ether oxygens (including phenoxy) is 1. The Morgan fingerprint density at radius 2 is 2.14 bits per heavy atom. The van der Waals surface area contributed by atoms with E-state index in [-0.39, 0.29) is 16.0 Å². The number of nitrogens with zero attached hydrogens (tertiary/aromatic N) is 1. The molecule has 0 unspecified atom stereocenters. The molecule has 0 atom stereocenters. The van der Waals surface area contributed by atoms with Gasteiger partial charge in [0, 0.05) is 5.46 Å². The molecule has 2 N–H and O–H groups in total. The average Bonchev–Trinajstić information content (AvgIpc) is 2.16. The fraction of sp³-hybridized carbons (Fsp3) is 0.125. The van der Waals surface area contributed by atoms with Crippen molar-refractivity contribution in [3.63, 3.8) is 0 Å². The van der Waals surface area contributed by atoms with Crippen LogP contribution in [-0.4, -0.2) is 24.3 Å². The van der Waals surface area contributed by atoms with E-state index in [0.29, 0.717) is 5.75 Å². The molecule has 0 saturated carbocycles. The van der Waals surface area contributed by atoms with E-state index in [1.54, 1.807) is 0 Å². The normalized spacial score (nSPS) is 9.36. The molecule has 0 bridgehead atoms. The van der Waals surface area contributed by atoms with Crippen molar-refractivity contribution in [3.05, 3.63) is 22.7 Å². The van der Waals surface area contributed by atoms with Crippen molar-refractivity contribution >= 4 is 24.2 Å². The van der Waals surface area contributed by atoms with Gasteiger partial charge in [0.1, 0.15) is 17.4 Å². The summed E-state index contributed by atoms with van der Waals surface area (Å²) in [6.45, 7) is 0. The van der Waals surface area contributed by atoms with Crippen LogP contribution in [0.3, 0.4) is 0 Å². The number of hydrogen-bond donors (Lipinski definition) is 2. The van der Waals surface area contributed by atoms with Crippen LogP contribution in [0.2, 0.25) is 5.02 Å². The molecule has 1 aromatic rings. The maximum absolute atomic E-state index is 8.91. The Labute approximate surface area is 86.5 Å². The van der Waals surface area contributed by atoms with Gasteiger partial charge in [0.2, 0.25) is 0 Å². The van der Waals surface area contributed by atoms with Gasteiger partial charge in [0.25, 0.3) is 0 Å². The molecule has 4 nitrogen and oxygen atoms in total. The standard InChI is InChI=1S/C8H7BClNO3/c1-14-7-3-2-6(9(12)13)8(10)5(7)4-11/h2-3,12-13H,1H3. The first-order valence-corrected chi connectivity index (χ1v) is 4.12. The molecule has 0 aromatic heterocycles. The largest absolute Gasteiger partial charge is 0.495 e. The van der Waals surface area contributed by atoms with Crippen molar-refractivity contribution in [2.75, 3.05) is 7.11 Å². The molecule has 1 aromatic carbocycles. The predicted molar refractivity (Wildman–Crippen MR) is 52.5 cm³/mol. The van der Waals surface area contributed by atoms with E-state index >= 15 is 0 Å². The Kier molecular flexibility index (Phi) is 3.36. The van der Waals surface area contributed by atoms with Gasteiger partial charge in [-0.1, -0.05) is 17.7 Å². The molecule has 0 amide bonds. The van der Waals surface area contributed by atoms with E-state index in [0.717, 1.165) is 0 Å². The lowest BCUT2D eigenvalue weighted by molar-refractivity contribution is 0.413. The van der Waals surface area contributed by atoms with Crippen LogP contribution in [0.25, 0.3) is 0 Å². The first-order chi connectivity index (χ1) is 6.61. The Bertz CT molecular complexity index is 389. The van der Waals surface area contributed by atoms with Crippen LogP contribution >= 0.6 is 11.6 Å². The van der Waals surface area contributed by atoms with Crippen LogP contribution in [-0.2, 0) is 0 Å². The summed E-state index contributed by atoms with van der Waals surface area (Å²) in [6.07, 6.45) is 0. The molecule has 0 radical (unpaired) electrons. The molecule has 0 aliphatic heterocycles. The van der Waals surface area contributed by atoms with Crippen LogP contribution in [0.1, 0.15) is 5.56 Å². The van der Waals surface area contributed by atoms with Gasteiger partial charge in [-0.3, -0.25) is 0 Å². The summed E-state index contributed by atoms with van der Waals surface area (Å²) in [5, 5.41) is 26.6. The molecule has 0 spiro atoms. The van der Waals surface area contributed by atoms with Gasteiger partial charge in [-0.2, -0.15) is 5.26 Å². The summed E-state index contributed by atoms with van der Waals surface area (Å²) in [4.78, 5) is 0. The Morgan fingerprint density at radius 1 is 1.50 bits per heavy atom. The van der Waals surface area contributed by atoms with Gasteiger partial charge in [0.05, 0.1) is 12.1 Å². The summed E-state index contributed by atoms with van der Waals surface area (Å²) >= 11 is 5.77. The predicted octanol–water partition coefficient (Wildman–Crippen LogP) is -0.0999. The molecule has 72 valence electrons. The van der Waals surface area contributed by atoms with E-state index in [9.17, 15) is 0 Å². The lowest BCUT2D eigenvalue weighted by Crippen LogP contribution is -2.31. The number of halogens is 1. The molecule has 0 fully saturated rings. The minimum absolute atomic E-state index is 0.00171. The maximum atomic E-state index is 8.91. The van der Waals surface area contributed by atoms with Crippen molar-refractivity contribution in [1.82, 2.24) is 0 Å². The lowest BCUT2D eigenvalue weighted by atomic mass is 9.79. The SMILES string of the molecule is COc1ccc(B(O)O)c(Cl)c1C#N. The van der Waals surface area contributed by atoms with Gasteiger partial charge in [-0.05, 0) is 6.07 Å². The third-order valence-electron chi connectivity index (χ3n) is 1.74. The fourth-order valence-electron chi connectivity index (χ4n) is 1.05. The number of benzene rings is 1. The van der Waals surface area contributed by atoms with Crippen molar-refractivity contribution in [2.24, 2.45) is 0 Å². The first kappa shape index (κ1) is 10.9. The molecule has 0 aliphatic rings. The summed E-state index contributed by atoms with van der Waals surface area (Å²) in [6, 6.07) is 4.68. The molecule has 0 heterocycles. The van der Waals surface area contributed by atoms with Gasteiger partial charge in [-0.15, -0.1) is 0 Å². The quantitative estimate of drug-likeness (QED) is 0.670. The van der Waals surface area contributed by atoms with Gasteiger partial charge in [-0.25, -0.2) is 0 Å². The third kappa shape index (κ3) is 1.83. The lowest BCUT2D eigenvalue weighted by Gasteiger charge is -2.08. The van der Waals surface area contributed by atoms with Crippen LogP contribution < -0.4 is 10.2 Å². The molecular formula is C8H7BClNO3. The monoisotopic (exact) mass is 211 g/mol. The van der Waals surface area contributed by atoms with Crippen LogP contribution in [0.4, 0.5) is 0 Å². The Balaban J connectivity index is 3.37. The van der Waals surface area contributed by atoms with E-state index in [1.165, 1.54) is 19.2 Å². The fourth-order valence-corrected chi connectivity index (χ4v) is 1.34. The highest BCUT2D eigenvalue weighted by Crippen LogP contribution is 2.23. The van der Waals surface area contributed by atoms with Gasteiger partial charge in [0.15, 0.2) is 0 Å². The number of rotatable bonds is 2. The van der Waals surface area contributed by atoms with E-state index < -0.39 is 7.12 Å². The zero-order valence-corrected chi connectivity index (χ0v) is 8.12. The molecule has 6 heteroatoms. The first-order valence-electron chi connectivity index (χ1n) is 3.74. The minimum atomic E-state index is -1.69. The highest BCUT2D eigenvalue weighted by molar-refractivity contribution is 6.63. The zero-order chi connectivity index (χ0) is 10.7. The van der Waals surface area contributed by atoms with E-state index in [4.69, 9.17) is 31.6 Å². The van der Waals surface area contributed by atoms with Crippen molar-refractivity contribution in [1.29, 1.82) is 5.26 Å².